The SMILES string of the molecule is CCn1cc(CN2CCC[C@@H](Nc3ncc(-c4ccco4)c4c(C)cc(=O)[nH]c34)[C@@H]2C(=O)NC2CCCCC2)nn1. The van der Waals surface area contributed by atoms with E-state index in [1.165, 1.54) is 6.42 Å². The molecule has 1 amide bonds. The van der Waals surface area contributed by atoms with Gasteiger partial charge in [0, 0.05) is 48.5 Å². The number of nitrogens with zero attached hydrogens (tertiary/aromatic N) is 5. The largest absolute Gasteiger partial charge is 0.464 e. The number of amides is 1. The minimum atomic E-state index is -0.435. The molecule has 0 spiro atoms. The van der Waals surface area contributed by atoms with Gasteiger partial charge >= 0.3 is 0 Å². The first-order valence-electron chi connectivity index (χ1n) is 14.8. The Kier molecular flexibility index (Phi) is 7.86. The number of H-pyrrole nitrogens is 1. The molecule has 3 N–H and O–H groups in total. The molecule has 41 heavy (non-hydrogen) atoms. The molecule has 5 heterocycles. The predicted octanol–water partition coefficient (Wildman–Crippen LogP) is 4.00. The van der Waals surface area contributed by atoms with E-state index in [9.17, 15) is 9.59 Å². The lowest BCUT2D eigenvalue weighted by Crippen LogP contribution is -2.59. The van der Waals surface area contributed by atoms with Crippen molar-refractivity contribution in [3.8, 4) is 11.3 Å². The third kappa shape index (κ3) is 5.76. The maximum Gasteiger partial charge on any atom is 0.248 e. The van der Waals surface area contributed by atoms with Crippen LogP contribution in [0.5, 0.6) is 0 Å². The molecule has 1 saturated carbocycles. The van der Waals surface area contributed by atoms with E-state index in [1.807, 2.05) is 32.2 Å². The van der Waals surface area contributed by atoms with Crippen LogP contribution in [0.1, 0.15) is 63.1 Å². The second-order valence-electron chi connectivity index (χ2n) is 11.3. The second-order valence-corrected chi connectivity index (χ2v) is 11.3. The minimum absolute atomic E-state index is 0.0261. The summed E-state index contributed by atoms with van der Waals surface area (Å²) in [7, 11) is 0. The Morgan fingerprint density at radius 3 is 2.80 bits per heavy atom. The Morgan fingerprint density at radius 1 is 1.20 bits per heavy atom. The highest BCUT2D eigenvalue weighted by molar-refractivity contribution is 6.00. The van der Waals surface area contributed by atoms with Gasteiger partial charge in [0.1, 0.15) is 11.8 Å². The van der Waals surface area contributed by atoms with Crippen LogP contribution in [0.15, 0.2) is 46.1 Å². The zero-order valence-electron chi connectivity index (χ0n) is 23.7. The molecule has 216 valence electrons. The normalized spacial score (nSPS) is 20.3. The number of anilines is 1. The molecule has 0 unspecified atom stereocenters. The fraction of sp³-hybridized carbons (Fsp3) is 0.500. The predicted molar refractivity (Wildman–Crippen MR) is 156 cm³/mol. The van der Waals surface area contributed by atoms with Gasteiger partial charge in [-0.15, -0.1) is 5.10 Å². The summed E-state index contributed by atoms with van der Waals surface area (Å²) >= 11 is 0. The molecular weight excluding hydrogens is 520 g/mol. The Hall–Kier alpha value is -3.99. The molecule has 2 aliphatic rings. The van der Waals surface area contributed by atoms with Gasteiger partial charge in [-0.1, -0.05) is 24.5 Å². The number of furan rings is 1. The van der Waals surface area contributed by atoms with Crippen molar-refractivity contribution in [3.63, 3.8) is 0 Å². The minimum Gasteiger partial charge on any atom is -0.464 e. The number of pyridine rings is 2. The molecule has 0 radical (unpaired) electrons. The van der Waals surface area contributed by atoms with Gasteiger partial charge in [0.25, 0.3) is 0 Å². The molecule has 4 aromatic rings. The highest BCUT2D eigenvalue weighted by atomic mass is 16.3. The van der Waals surface area contributed by atoms with Crippen LogP contribution in [-0.2, 0) is 17.9 Å². The topological polar surface area (TPSA) is 134 Å². The summed E-state index contributed by atoms with van der Waals surface area (Å²) in [6.45, 7) is 6.00. The summed E-state index contributed by atoms with van der Waals surface area (Å²) in [4.78, 5) is 36.6. The van der Waals surface area contributed by atoms with E-state index in [0.29, 0.717) is 23.6 Å². The number of hydrogen-bond donors (Lipinski definition) is 3. The van der Waals surface area contributed by atoms with Crippen molar-refractivity contribution in [2.24, 2.45) is 0 Å². The first-order valence-corrected chi connectivity index (χ1v) is 14.8. The first kappa shape index (κ1) is 27.2. The summed E-state index contributed by atoms with van der Waals surface area (Å²) in [6.07, 6.45) is 12.6. The fourth-order valence-corrected chi connectivity index (χ4v) is 6.42. The van der Waals surface area contributed by atoms with Gasteiger partial charge in [-0.3, -0.25) is 19.2 Å². The number of aromatic nitrogens is 5. The molecule has 2 atom stereocenters. The van der Waals surface area contributed by atoms with Crippen molar-refractivity contribution >= 4 is 22.6 Å². The van der Waals surface area contributed by atoms with E-state index in [-0.39, 0.29) is 23.6 Å². The van der Waals surface area contributed by atoms with Crippen LogP contribution in [0.3, 0.4) is 0 Å². The van der Waals surface area contributed by atoms with Crippen molar-refractivity contribution in [2.75, 3.05) is 11.9 Å². The number of rotatable bonds is 8. The number of carbonyl (C=O) groups is 1. The number of aromatic amines is 1. The van der Waals surface area contributed by atoms with E-state index in [2.05, 4.69) is 30.8 Å². The summed E-state index contributed by atoms with van der Waals surface area (Å²) in [6, 6.07) is 4.85. The van der Waals surface area contributed by atoms with Crippen molar-refractivity contribution in [1.82, 2.24) is 35.2 Å². The van der Waals surface area contributed by atoms with E-state index in [1.54, 1.807) is 23.2 Å². The van der Waals surface area contributed by atoms with Gasteiger partial charge in [-0.2, -0.15) is 0 Å². The third-order valence-corrected chi connectivity index (χ3v) is 8.41. The zero-order chi connectivity index (χ0) is 28.3. The monoisotopic (exact) mass is 558 g/mol. The molecule has 0 bridgehead atoms. The maximum absolute atomic E-state index is 14.0. The number of hydrogen-bond acceptors (Lipinski definition) is 8. The van der Waals surface area contributed by atoms with Gasteiger partial charge in [0.05, 0.1) is 23.5 Å². The van der Waals surface area contributed by atoms with Crippen LogP contribution in [0.2, 0.25) is 0 Å². The number of aryl methyl sites for hydroxylation is 2. The van der Waals surface area contributed by atoms with Crippen LogP contribution in [0, 0.1) is 6.92 Å². The zero-order valence-corrected chi connectivity index (χ0v) is 23.7. The summed E-state index contributed by atoms with van der Waals surface area (Å²) < 4.78 is 7.49. The molecule has 4 aromatic heterocycles. The molecular formula is C30H38N8O3. The lowest BCUT2D eigenvalue weighted by atomic mass is 9.92. The molecule has 2 fully saturated rings. The van der Waals surface area contributed by atoms with Crippen molar-refractivity contribution in [2.45, 2.75) is 90.0 Å². The third-order valence-electron chi connectivity index (χ3n) is 8.41. The summed E-state index contributed by atoms with van der Waals surface area (Å²) in [5.74, 6) is 1.26. The maximum atomic E-state index is 14.0. The highest BCUT2D eigenvalue weighted by Gasteiger charge is 2.38. The van der Waals surface area contributed by atoms with Crippen LogP contribution in [0.4, 0.5) is 5.82 Å². The van der Waals surface area contributed by atoms with Gasteiger partial charge in [0.2, 0.25) is 11.5 Å². The van der Waals surface area contributed by atoms with Crippen molar-refractivity contribution in [3.05, 3.63) is 58.5 Å². The molecule has 11 heteroatoms. The second kappa shape index (κ2) is 11.9. The van der Waals surface area contributed by atoms with Gasteiger partial charge in [0.15, 0.2) is 5.82 Å². The summed E-state index contributed by atoms with van der Waals surface area (Å²) in [5, 5.41) is 16.4. The molecule has 11 nitrogen and oxygen atoms in total. The highest BCUT2D eigenvalue weighted by Crippen LogP contribution is 2.34. The molecule has 1 saturated heterocycles. The quantitative estimate of drug-likeness (QED) is 0.296. The van der Waals surface area contributed by atoms with Crippen molar-refractivity contribution in [1.29, 1.82) is 0 Å². The van der Waals surface area contributed by atoms with Crippen molar-refractivity contribution < 1.29 is 9.21 Å². The molecule has 6 rings (SSSR count). The molecule has 0 aromatic carbocycles. The Labute approximate surface area is 238 Å². The van der Waals surface area contributed by atoms with Crippen LogP contribution in [-0.4, -0.2) is 60.4 Å². The average Bonchev–Trinajstić information content (AvgIpc) is 3.67. The lowest BCUT2D eigenvalue weighted by molar-refractivity contribution is -0.129. The number of nitrogens with one attached hydrogen (secondary N) is 3. The van der Waals surface area contributed by atoms with Gasteiger partial charge < -0.3 is 20.0 Å². The average molecular weight is 559 g/mol. The Bertz CT molecular complexity index is 1550. The number of likely N-dealkylation sites (tertiary alicyclic amines) is 1. The van der Waals surface area contributed by atoms with E-state index < -0.39 is 6.04 Å². The van der Waals surface area contributed by atoms with Crippen LogP contribution in [0.25, 0.3) is 22.2 Å². The van der Waals surface area contributed by atoms with E-state index in [0.717, 1.165) is 73.8 Å². The number of fused-ring (bicyclic) bond motifs is 1. The van der Waals surface area contributed by atoms with Gasteiger partial charge in [-0.05, 0) is 63.8 Å². The number of piperidine rings is 1. The number of carbonyl (C=O) groups excluding carboxylic acids is 1. The first-order chi connectivity index (χ1) is 20.0. The fourth-order valence-electron chi connectivity index (χ4n) is 6.42. The standard InChI is InChI=1S/C30H38N8O3/c1-3-38-18-21(35-36-38)17-37-13-7-11-23(28(37)30(40)32-20-9-5-4-6-10-20)33-29-27-26(19(2)15-25(39)34-27)22(16-31-29)24-12-8-14-41-24/h8,12,14-16,18,20,23,28H,3-7,9-11,13,17H2,1-2H3,(H,31,33)(H,32,40)(H,34,39)/t23-,28-/m1/s1. The van der Waals surface area contributed by atoms with Crippen LogP contribution < -0.4 is 16.2 Å². The molecule has 1 aliphatic carbocycles. The van der Waals surface area contributed by atoms with Gasteiger partial charge in [-0.25, -0.2) is 4.98 Å². The van der Waals surface area contributed by atoms with E-state index in [4.69, 9.17) is 9.40 Å². The summed E-state index contributed by atoms with van der Waals surface area (Å²) in [5.41, 5.74) is 2.89. The smallest absolute Gasteiger partial charge is 0.248 e. The Balaban J connectivity index is 1.35. The lowest BCUT2D eigenvalue weighted by Gasteiger charge is -2.41. The van der Waals surface area contributed by atoms with E-state index >= 15 is 0 Å². The van der Waals surface area contributed by atoms with Crippen LogP contribution >= 0.6 is 0 Å². The molecule has 1 aliphatic heterocycles. The Morgan fingerprint density at radius 2 is 2.05 bits per heavy atom.